The predicted octanol–water partition coefficient (Wildman–Crippen LogP) is -0.321. The standard InChI is InChI=1S/C8H10O2.C6H8O7/c9-6-5-7-1-3-8(10)4-2-7;7-3(8)1-6(13,5(11)12)2-4(9)10/h1-4,9-10H,5-6H2;13H,1-2H2,(H,7,8)(H,9,10)(H,11,12). The zero-order valence-corrected chi connectivity index (χ0v) is 12.0. The van der Waals surface area contributed by atoms with Crippen LogP contribution in [-0.2, 0) is 20.8 Å². The second-order valence-corrected chi connectivity index (χ2v) is 4.62. The van der Waals surface area contributed by atoms with Crippen LogP contribution < -0.4 is 0 Å². The van der Waals surface area contributed by atoms with E-state index in [2.05, 4.69) is 0 Å². The van der Waals surface area contributed by atoms with Crippen LogP contribution in [0.25, 0.3) is 0 Å². The highest BCUT2D eigenvalue weighted by Gasteiger charge is 2.40. The summed E-state index contributed by atoms with van der Waals surface area (Å²) in [6.45, 7) is 0.158. The molecule has 0 radical (unpaired) electrons. The second-order valence-electron chi connectivity index (χ2n) is 4.62. The van der Waals surface area contributed by atoms with Crippen LogP contribution in [0, 0.1) is 0 Å². The van der Waals surface area contributed by atoms with E-state index in [1.165, 1.54) is 0 Å². The van der Waals surface area contributed by atoms with Gasteiger partial charge in [0.25, 0.3) is 0 Å². The Labute approximate surface area is 131 Å². The number of aliphatic hydroxyl groups excluding tert-OH is 1. The molecule has 128 valence electrons. The number of aliphatic hydroxyl groups is 2. The minimum atomic E-state index is -2.74. The number of hydrogen-bond acceptors (Lipinski definition) is 6. The molecule has 1 rings (SSSR count). The summed E-state index contributed by atoms with van der Waals surface area (Å²) in [5.74, 6) is -4.75. The van der Waals surface area contributed by atoms with E-state index in [0.29, 0.717) is 6.42 Å². The van der Waals surface area contributed by atoms with E-state index in [1.54, 1.807) is 24.3 Å². The van der Waals surface area contributed by atoms with Gasteiger partial charge in [0.05, 0.1) is 12.8 Å². The van der Waals surface area contributed by atoms with Crippen LogP contribution in [-0.4, -0.2) is 60.8 Å². The van der Waals surface area contributed by atoms with Crippen LogP contribution in [0.4, 0.5) is 0 Å². The molecule has 0 saturated heterocycles. The van der Waals surface area contributed by atoms with Crippen molar-refractivity contribution in [2.75, 3.05) is 6.61 Å². The first-order valence-electron chi connectivity index (χ1n) is 6.39. The van der Waals surface area contributed by atoms with E-state index in [-0.39, 0.29) is 12.4 Å². The van der Waals surface area contributed by atoms with Gasteiger partial charge in [0.1, 0.15) is 5.75 Å². The summed E-state index contributed by atoms with van der Waals surface area (Å²) < 4.78 is 0. The number of benzene rings is 1. The summed E-state index contributed by atoms with van der Waals surface area (Å²) in [7, 11) is 0. The van der Waals surface area contributed by atoms with Crippen molar-refractivity contribution < 1.29 is 45.0 Å². The molecule has 0 amide bonds. The average molecular weight is 330 g/mol. The van der Waals surface area contributed by atoms with Crippen LogP contribution in [0.1, 0.15) is 18.4 Å². The molecule has 0 heterocycles. The number of phenolic OH excluding ortho intramolecular Hbond substituents is 1. The molecule has 0 aromatic heterocycles. The smallest absolute Gasteiger partial charge is 0.336 e. The normalized spacial score (nSPS) is 10.3. The lowest BCUT2D eigenvalue weighted by Crippen LogP contribution is -2.42. The van der Waals surface area contributed by atoms with Crippen molar-refractivity contribution in [2.45, 2.75) is 24.9 Å². The van der Waals surface area contributed by atoms with E-state index >= 15 is 0 Å². The number of hydrogen-bond donors (Lipinski definition) is 6. The Morgan fingerprint density at radius 3 is 1.65 bits per heavy atom. The van der Waals surface area contributed by atoms with Crippen LogP contribution >= 0.6 is 0 Å². The molecular formula is C14H18O9. The highest BCUT2D eigenvalue weighted by molar-refractivity contribution is 5.88. The maximum Gasteiger partial charge on any atom is 0.336 e. The molecule has 1 aromatic rings. The lowest BCUT2D eigenvalue weighted by molar-refractivity contribution is -0.170. The van der Waals surface area contributed by atoms with Gasteiger partial charge in [-0.1, -0.05) is 12.1 Å². The van der Waals surface area contributed by atoms with Gasteiger partial charge in [-0.3, -0.25) is 9.59 Å². The monoisotopic (exact) mass is 330 g/mol. The van der Waals surface area contributed by atoms with E-state index in [1.807, 2.05) is 0 Å². The predicted molar refractivity (Wildman–Crippen MR) is 76.0 cm³/mol. The van der Waals surface area contributed by atoms with Crippen molar-refractivity contribution in [2.24, 2.45) is 0 Å². The molecule has 9 heteroatoms. The first-order valence-corrected chi connectivity index (χ1v) is 6.39. The third kappa shape index (κ3) is 8.39. The van der Waals surface area contributed by atoms with Crippen molar-refractivity contribution >= 4 is 17.9 Å². The van der Waals surface area contributed by atoms with E-state index in [0.717, 1.165) is 5.56 Å². The Morgan fingerprint density at radius 2 is 1.35 bits per heavy atom. The van der Waals surface area contributed by atoms with Gasteiger partial charge in [-0.05, 0) is 24.1 Å². The fourth-order valence-corrected chi connectivity index (χ4v) is 1.51. The molecule has 0 aliphatic heterocycles. The van der Waals surface area contributed by atoms with Crippen molar-refractivity contribution in [3.05, 3.63) is 29.8 Å². The van der Waals surface area contributed by atoms with Gasteiger partial charge >= 0.3 is 17.9 Å². The Hall–Kier alpha value is -2.65. The molecule has 9 nitrogen and oxygen atoms in total. The summed E-state index contributed by atoms with van der Waals surface area (Å²) in [4.78, 5) is 30.5. The first kappa shape index (κ1) is 20.3. The van der Waals surface area contributed by atoms with Gasteiger partial charge in [-0.15, -0.1) is 0 Å². The van der Waals surface area contributed by atoms with Crippen molar-refractivity contribution in [3.8, 4) is 5.75 Å². The van der Waals surface area contributed by atoms with Crippen LogP contribution in [0.15, 0.2) is 24.3 Å². The maximum absolute atomic E-state index is 10.3. The Bertz CT molecular complexity index is 520. The number of aromatic hydroxyl groups is 1. The largest absolute Gasteiger partial charge is 0.508 e. The van der Waals surface area contributed by atoms with Crippen molar-refractivity contribution in [3.63, 3.8) is 0 Å². The van der Waals surface area contributed by atoms with Crippen molar-refractivity contribution in [1.82, 2.24) is 0 Å². The Morgan fingerprint density at radius 1 is 0.913 bits per heavy atom. The molecule has 6 N–H and O–H groups in total. The molecule has 23 heavy (non-hydrogen) atoms. The number of carboxylic acid groups (broad SMARTS) is 3. The minimum Gasteiger partial charge on any atom is -0.508 e. The maximum atomic E-state index is 10.3. The molecule has 1 aromatic carbocycles. The highest BCUT2D eigenvalue weighted by Crippen LogP contribution is 2.15. The summed E-state index contributed by atoms with van der Waals surface area (Å²) in [6.07, 6.45) is -1.64. The summed E-state index contributed by atoms with van der Waals surface area (Å²) in [5.41, 5.74) is -1.70. The Kier molecular flexibility index (Phi) is 8.30. The minimum absolute atomic E-state index is 0.158. The summed E-state index contributed by atoms with van der Waals surface area (Å²) >= 11 is 0. The van der Waals surface area contributed by atoms with Crippen molar-refractivity contribution in [1.29, 1.82) is 0 Å². The zero-order valence-electron chi connectivity index (χ0n) is 12.0. The molecule has 0 unspecified atom stereocenters. The third-order valence-corrected chi connectivity index (χ3v) is 2.62. The van der Waals surface area contributed by atoms with E-state index < -0.39 is 36.4 Å². The summed E-state index contributed by atoms with van der Waals surface area (Å²) in [6, 6.07) is 6.83. The fourth-order valence-electron chi connectivity index (χ4n) is 1.51. The zero-order chi connectivity index (χ0) is 18.0. The third-order valence-electron chi connectivity index (χ3n) is 2.62. The molecular weight excluding hydrogens is 312 g/mol. The van der Waals surface area contributed by atoms with Gasteiger partial charge in [0.15, 0.2) is 5.60 Å². The SMILES string of the molecule is O=C(O)CC(O)(CC(=O)O)C(=O)O.OCCc1ccc(O)cc1. The molecule has 0 spiro atoms. The second kappa shape index (κ2) is 9.38. The molecule has 0 atom stereocenters. The highest BCUT2D eigenvalue weighted by atomic mass is 16.4. The lowest BCUT2D eigenvalue weighted by Gasteiger charge is -2.18. The van der Waals surface area contributed by atoms with E-state index in [9.17, 15) is 14.4 Å². The van der Waals surface area contributed by atoms with Gasteiger partial charge in [0.2, 0.25) is 0 Å². The van der Waals surface area contributed by atoms with Gasteiger partial charge in [-0.2, -0.15) is 0 Å². The van der Waals surface area contributed by atoms with Crippen LogP contribution in [0.2, 0.25) is 0 Å². The fraction of sp³-hybridized carbons (Fsp3) is 0.357. The number of rotatable bonds is 7. The summed E-state index contributed by atoms with van der Waals surface area (Å²) in [5, 5.41) is 51.2. The number of phenols is 1. The molecule has 0 bridgehead atoms. The number of carbonyl (C=O) groups is 3. The Balaban J connectivity index is 0.000000433. The molecule has 0 saturated carbocycles. The van der Waals surface area contributed by atoms with Crippen LogP contribution in [0.3, 0.4) is 0 Å². The first-order chi connectivity index (χ1) is 10.6. The van der Waals surface area contributed by atoms with Gasteiger partial charge < -0.3 is 30.6 Å². The van der Waals surface area contributed by atoms with Gasteiger partial charge in [-0.25, -0.2) is 4.79 Å². The van der Waals surface area contributed by atoms with E-state index in [4.69, 9.17) is 30.6 Å². The average Bonchev–Trinajstić information content (AvgIpc) is 2.40. The molecule has 0 aliphatic carbocycles. The molecule has 0 aliphatic rings. The number of aliphatic carboxylic acids is 3. The van der Waals surface area contributed by atoms with Crippen LogP contribution in [0.5, 0.6) is 5.75 Å². The molecule has 0 fully saturated rings. The lowest BCUT2D eigenvalue weighted by atomic mass is 9.96. The number of carboxylic acids is 3. The quantitative estimate of drug-likeness (QED) is 0.391. The topological polar surface area (TPSA) is 173 Å². The van der Waals surface area contributed by atoms with Gasteiger partial charge in [0, 0.05) is 6.61 Å².